The number of benzene rings is 2. The van der Waals surface area contributed by atoms with Crippen molar-refractivity contribution in [2.24, 2.45) is 0 Å². The third-order valence-corrected chi connectivity index (χ3v) is 6.12. The lowest BCUT2D eigenvalue weighted by atomic mass is 10.1. The zero-order valence-electron chi connectivity index (χ0n) is 16.8. The summed E-state index contributed by atoms with van der Waals surface area (Å²) in [7, 11) is -2.38. The summed E-state index contributed by atoms with van der Waals surface area (Å²) in [6.45, 7) is 0.780. The Bertz CT molecular complexity index is 1030. The maximum atomic E-state index is 14.2. The van der Waals surface area contributed by atoms with Crippen molar-refractivity contribution in [1.29, 1.82) is 0 Å². The number of carbonyl (C=O) groups excluding carboxylic acids is 2. The minimum absolute atomic E-state index is 0.184. The first-order chi connectivity index (χ1) is 14.0. The first-order valence-electron chi connectivity index (χ1n) is 9.02. The van der Waals surface area contributed by atoms with Crippen LogP contribution in [0.1, 0.15) is 12.5 Å². The van der Waals surface area contributed by atoms with Crippen molar-refractivity contribution < 1.29 is 22.4 Å². The van der Waals surface area contributed by atoms with Crippen molar-refractivity contribution >= 4 is 43.5 Å². The van der Waals surface area contributed by atoms with Crippen LogP contribution in [0.5, 0.6) is 0 Å². The van der Waals surface area contributed by atoms with E-state index in [-0.39, 0.29) is 12.1 Å². The molecule has 0 aliphatic heterocycles. The summed E-state index contributed by atoms with van der Waals surface area (Å²) in [5.74, 6) is -1.61. The van der Waals surface area contributed by atoms with Crippen molar-refractivity contribution in [3.63, 3.8) is 0 Å². The number of amides is 2. The molecule has 2 amide bonds. The molecule has 0 radical (unpaired) electrons. The molecule has 0 fully saturated rings. The summed E-state index contributed by atoms with van der Waals surface area (Å²) < 4.78 is 40.5. The molecule has 2 aromatic rings. The van der Waals surface area contributed by atoms with Crippen LogP contribution < -0.4 is 9.62 Å². The molecule has 0 saturated carbocycles. The molecule has 10 heteroatoms. The van der Waals surface area contributed by atoms with E-state index in [4.69, 9.17) is 0 Å². The first kappa shape index (κ1) is 23.8. The molecular weight excluding hydrogens is 477 g/mol. The van der Waals surface area contributed by atoms with Gasteiger partial charge in [0.2, 0.25) is 21.8 Å². The summed E-state index contributed by atoms with van der Waals surface area (Å²) in [6.07, 6.45) is 0.991. The second kappa shape index (κ2) is 10.0. The van der Waals surface area contributed by atoms with Crippen molar-refractivity contribution in [1.82, 2.24) is 10.2 Å². The van der Waals surface area contributed by atoms with Crippen LogP contribution in [-0.4, -0.2) is 51.0 Å². The van der Waals surface area contributed by atoms with Crippen molar-refractivity contribution in [3.05, 3.63) is 64.4 Å². The Morgan fingerprint density at radius 2 is 1.83 bits per heavy atom. The number of anilines is 1. The second-order valence-electron chi connectivity index (χ2n) is 6.65. The highest BCUT2D eigenvalue weighted by Gasteiger charge is 2.30. The third kappa shape index (κ3) is 6.02. The van der Waals surface area contributed by atoms with E-state index in [1.165, 1.54) is 32.2 Å². The molecule has 162 valence electrons. The van der Waals surface area contributed by atoms with E-state index >= 15 is 0 Å². The maximum absolute atomic E-state index is 14.2. The van der Waals surface area contributed by atoms with Gasteiger partial charge in [0.25, 0.3) is 0 Å². The Labute approximate surface area is 184 Å². The molecule has 0 aliphatic carbocycles. The molecule has 0 saturated heterocycles. The highest BCUT2D eigenvalue weighted by Crippen LogP contribution is 2.23. The van der Waals surface area contributed by atoms with Crippen LogP contribution in [0, 0.1) is 5.82 Å². The zero-order valence-corrected chi connectivity index (χ0v) is 19.2. The summed E-state index contributed by atoms with van der Waals surface area (Å²) in [5, 5.41) is 2.46. The van der Waals surface area contributed by atoms with Gasteiger partial charge in [-0.05, 0) is 31.2 Å². The summed E-state index contributed by atoms with van der Waals surface area (Å²) >= 11 is 3.28. The Balaban J connectivity index is 2.40. The Hall–Kier alpha value is -2.46. The summed E-state index contributed by atoms with van der Waals surface area (Å²) in [5.41, 5.74) is 0.508. The zero-order chi connectivity index (χ0) is 22.5. The standard InChI is InChI=1S/C20H23BrFN3O4S/c1-14(20(27)23-2)24(12-15-7-4-5-10-18(15)22)19(26)13-25(30(3,28)29)17-9-6-8-16(21)11-17/h4-11,14H,12-13H2,1-3H3,(H,23,27). The van der Waals surface area contributed by atoms with Crippen molar-refractivity contribution in [2.45, 2.75) is 19.5 Å². The van der Waals surface area contributed by atoms with Gasteiger partial charge in [0, 0.05) is 23.6 Å². The molecule has 0 bridgehead atoms. The van der Waals surface area contributed by atoms with Crippen LogP contribution in [-0.2, 0) is 26.2 Å². The number of carbonyl (C=O) groups is 2. The largest absolute Gasteiger partial charge is 0.357 e. The lowest BCUT2D eigenvalue weighted by molar-refractivity contribution is -0.139. The van der Waals surface area contributed by atoms with Gasteiger partial charge in [-0.1, -0.05) is 40.2 Å². The van der Waals surface area contributed by atoms with Crippen LogP contribution in [0.15, 0.2) is 53.0 Å². The smallest absolute Gasteiger partial charge is 0.244 e. The van der Waals surface area contributed by atoms with Crippen LogP contribution in [0.2, 0.25) is 0 Å². The average molecular weight is 500 g/mol. The number of halogens is 2. The topological polar surface area (TPSA) is 86.8 Å². The Morgan fingerprint density at radius 3 is 2.40 bits per heavy atom. The number of sulfonamides is 1. The molecule has 0 spiro atoms. The fourth-order valence-electron chi connectivity index (χ4n) is 2.85. The fourth-order valence-corrected chi connectivity index (χ4v) is 4.08. The molecule has 1 N–H and O–H groups in total. The van der Waals surface area contributed by atoms with Crippen molar-refractivity contribution in [3.8, 4) is 0 Å². The third-order valence-electron chi connectivity index (χ3n) is 4.49. The molecule has 30 heavy (non-hydrogen) atoms. The van der Waals surface area contributed by atoms with E-state index in [9.17, 15) is 22.4 Å². The molecule has 1 atom stereocenters. The molecule has 2 aromatic carbocycles. The highest BCUT2D eigenvalue weighted by atomic mass is 79.9. The second-order valence-corrected chi connectivity index (χ2v) is 9.48. The maximum Gasteiger partial charge on any atom is 0.244 e. The van der Waals surface area contributed by atoms with Gasteiger partial charge >= 0.3 is 0 Å². The quantitative estimate of drug-likeness (QED) is 0.604. The molecular formula is C20H23BrFN3O4S. The normalized spacial score (nSPS) is 12.2. The number of likely N-dealkylation sites (N-methyl/N-ethyl adjacent to an activating group) is 1. The number of hydrogen-bond acceptors (Lipinski definition) is 4. The van der Waals surface area contributed by atoms with E-state index in [1.54, 1.807) is 30.3 Å². The monoisotopic (exact) mass is 499 g/mol. The predicted molar refractivity (Wildman–Crippen MR) is 117 cm³/mol. The van der Waals surface area contributed by atoms with E-state index in [1.807, 2.05) is 0 Å². The molecule has 0 heterocycles. The lowest BCUT2D eigenvalue weighted by Crippen LogP contribution is -2.50. The van der Waals surface area contributed by atoms with E-state index in [0.29, 0.717) is 10.2 Å². The van der Waals surface area contributed by atoms with E-state index in [0.717, 1.165) is 15.5 Å². The van der Waals surface area contributed by atoms with Gasteiger partial charge < -0.3 is 10.2 Å². The SMILES string of the molecule is CNC(=O)C(C)N(Cc1ccccc1F)C(=O)CN(c1cccc(Br)c1)S(C)(=O)=O. The van der Waals surface area contributed by atoms with Crippen LogP contribution in [0.25, 0.3) is 0 Å². The number of nitrogens with zero attached hydrogens (tertiary/aromatic N) is 2. The minimum atomic E-state index is -3.81. The minimum Gasteiger partial charge on any atom is -0.357 e. The molecule has 0 aliphatic rings. The average Bonchev–Trinajstić information content (AvgIpc) is 2.69. The Kier molecular flexibility index (Phi) is 7.96. The predicted octanol–water partition coefficient (Wildman–Crippen LogP) is 2.52. The first-order valence-corrected chi connectivity index (χ1v) is 11.7. The molecule has 1 unspecified atom stereocenters. The van der Waals surface area contributed by atoms with Gasteiger partial charge in [0.1, 0.15) is 18.4 Å². The van der Waals surface area contributed by atoms with Gasteiger partial charge in [-0.3, -0.25) is 13.9 Å². The fraction of sp³-hybridized carbons (Fsp3) is 0.300. The summed E-state index contributed by atoms with van der Waals surface area (Å²) in [6, 6.07) is 11.5. The number of hydrogen-bond donors (Lipinski definition) is 1. The van der Waals surface area contributed by atoms with E-state index < -0.39 is 40.2 Å². The van der Waals surface area contributed by atoms with E-state index in [2.05, 4.69) is 21.2 Å². The van der Waals surface area contributed by atoms with Gasteiger partial charge in [0.15, 0.2) is 0 Å². The van der Waals surface area contributed by atoms with Crippen LogP contribution in [0.3, 0.4) is 0 Å². The van der Waals surface area contributed by atoms with Crippen LogP contribution >= 0.6 is 15.9 Å². The van der Waals surface area contributed by atoms with Gasteiger partial charge in [-0.15, -0.1) is 0 Å². The number of nitrogens with one attached hydrogen (secondary N) is 1. The molecule has 0 aromatic heterocycles. The van der Waals surface area contributed by atoms with Gasteiger partial charge in [0.05, 0.1) is 11.9 Å². The van der Waals surface area contributed by atoms with Gasteiger partial charge in [-0.2, -0.15) is 0 Å². The van der Waals surface area contributed by atoms with Gasteiger partial charge in [-0.25, -0.2) is 12.8 Å². The Morgan fingerprint density at radius 1 is 1.17 bits per heavy atom. The van der Waals surface area contributed by atoms with Crippen molar-refractivity contribution in [2.75, 3.05) is 24.2 Å². The summed E-state index contributed by atoms with van der Waals surface area (Å²) in [4.78, 5) is 26.5. The number of rotatable bonds is 8. The highest BCUT2D eigenvalue weighted by molar-refractivity contribution is 9.10. The molecule has 7 nitrogen and oxygen atoms in total. The van der Waals surface area contributed by atoms with Crippen LogP contribution in [0.4, 0.5) is 10.1 Å². The lowest BCUT2D eigenvalue weighted by Gasteiger charge is -2.31. The molecule has 2 rings (SSSR count).